The fourth-order valence-electron chi connectivity index (χ4n) is 4.01. The van der Waals surface area contributed by atoms with Crippen LogP contribution in [0.25, 0.3) is 0 Å². The second kappa shape index (κ2) is 7.63. The van der Waals surface area contributed by atoms with E-state index in [1.54, 1.807) is 5.06 Å². The third-order valence-electron chi connectivity index (χ3n) is 5.42. The zero-order chi connectivity index (χ0) is 20.5. The van der Waals surface area contributed by atoms with E-state index in [-0.39, 0.29) is 17.6 Å². The fraction of sp³-hybridized carbons (Fsp3) is 0.333. The minimum Gasteiger partial charge on any atom is -0.273 e. The number of imide groups is 1. The molecule has 2 aliphatic heterocycles. The molecule has 0 spiro atoms. The van der Waals surface area contributed by atoms with Crippen molar-refractivity contribution in [3.8, 4) is 0 Å². The highest BCUT2D eigenvalue weighted by atomic mass is 16.7. The van der Waals surface area contributed by atoms with Gasteiger partial charge in [0.25, 0.3) is 11.6 Å². The molecule has 150 valence electrons. The van der Waals surface area contributed by atoms with Crippen LogP contribution in [0, 0.1) is 16.0 Å². The molecule has 0 unspecified atom stereocenters. The van der Waals surface area contributed by atoms with E-state index in [0.717, 1.165) is 29.8 Å². The van der Waals surface area contributed by atoms with Crippen LogP contribution in [0.4, 0.5) is 17.1 Å². The number of hydrogen-bond donors (Lipinski definition) is 0. The standard InChI is InChI=1S/C21H21N3O5/c1-2-3-9-17-18-19(29-23(17)15-7-5-4-6-8-15)21(26)22(20(18)25)14-10-12-16(13-11-14)24(27)28/h4-8,10-13,17-19H,2-3,9H2,1H3/t17-,18+,19-/m0/s1. The van der Waals surface area contributed by atoms with Crippen LogP contribution in [0.15, 0.2) is 54.6 Å². The average Bonchev–Trinajstić information content (AvgIpc) is 3.23. The molecule has 2 aromatic carbocycles. The van der Waals surface area contributed by atoms with Crippen molar-refractivity contribution in [3.05, 3.63) is 64.7 Å². The van der Waals surface area contributed by atoms with Gasteiger partial charge in [0.05, 0.1) is 28.3 Å². The number of anilines is 2. The molecule has 0 N–H and O–H groups in total. The Morgan fingerprint density at radius 3 is 2.31 bits per heavy atom. The summed E-state index contributed by atoms with van der Waals surface area (Å²) in [6, 6.07) is 14.6. The normalized spacial score (nSPS) is 23.6. The summed E-state index contributed by atoms with van der Waals surface area (Å²) in [6.45, 7) is 2.07. The first-order valence-corrected chi connectivity index (χ1v) is 9.66. The first kappa shape index (κ1) is 19.1. The molecule has 2 aliphatic rings. The second-order valence-corrected chi connectivity index (χ2v) is 7.21. The lowest BCUT2D eigenvalue weighted by atomic mass is 9.92. The van der Waals surface area contributed by atoms with Crippen LogP contribution in [0.3, 0.4) is 0 Å². The first-order valence-electron chi connectivity index (χ1n) is 9.66. The Labute approximate surface area is 167 Å². The Kier molecular flexibility index (Phi) is 5.02. The van der Waals surface area contributed by atoms with Crippen LogP contribution in [0.5, 0.6) is 0 Å². The van der Waals surface area contributed by atoms with E-state index in [2.05, 4.69) is 6.92 Å². The lowest BCUT2D eigenvalue weighted by molar-refractivity contribution is -0.384. The second-order valence-electron chi connectivity index (χ2n) is 7.21. The molecule has 4 rings (SSSR count). The first-order chi connectivity index (χ1) is 14.0. The number of nitrogens with zero attached hydrogens (tertiary/aromatic N) is 3. The largest absolute Gasteiger partial charge is 0.273 e. The van der Waals surface area contributed by atoms with E-state index in [1.807, 2.05) is 30.3 Å². The van der Waals surface area contributed by atoms with E-state index < -0.39 is 22.9 Å². The molecular formula is C21H21N3O5. The van der Waals surface area contributed by atoms with Gasteiger partial charge in [0.2, 0.25) is 5.91 Å². The maximum atomic E-state index is 13.2. The molecule has 2 aromatic rings. The predicted molar refractivity (Wildman–Crippen MR) is 106 cm³/mol. The molecule has 29 heavy (non-hydrogen) atoms. The smallest absolute Gasteiger partial charge is 0.269 e. The molecule has 2 amide bonds. The third-order valence-corrected chi connectivity index (χ3v) is 5.42. The van der Waals surface area contributed by atoms with Gasteiger partial charge in [-0.1, -0.05) is 38.0 Å². The topological polar surface area (TPSA) is 93.0 Å². The fourth-order valence-corrected chi connectivity index (χ4v) is 4.01. The average molecular weight is 395 g/mol. The van der Waals surface area contributed by atoms with Crippen LogP contribution >= 0.6 is 0 Å². The Balaban J connectivity index is 1.64. The van der Waals surface area contributed by atoms with Crippen LogP contribution in [-0.4, -0.2) is 28.9 Å². The number of amides is 2. The van der Waals surface area contributed by atoms with Crippen LogP contribution < -0.4 is 9.96 Å². The molecule has 0 aromatic heterocycles. The Hall–Kier alpha value is -3.26. The monoisotopic (exact) mass is 395 g/mol. The van der Waals surface area contributed by atoms with Crippen LogP contribution in [-0.2, 0) is 14.4 Å². The van der Waals surface area contributed by atoms with E-state index >= 15 is 0 Å². The third kappa shape index (κ3) is 3.25. The minimum absolute atomic E-state index is 0.0969. The van der Waals surface area contributed by atoms with E-state index in [1.165, 1.54) is 24.3 Å². The number of unbranched alkanes of at least 4 members (excludes halogenated alkanes) is 1. The number of para-hydroxylation sites is 1. The highest BCUT2D eigenvalue weighted by molar-refractivity contribution is 6.23. The predicted octanol–water partition coefficient (Wildman–Crippen LogP) is 3.46. The molecule has 0 radical (unpaired) electrons. The maximum Gasteiger partial charge on any atom is 0.269 e. The number of carbonyl (C=O) groups is 2. The lowest BCUT2D eigenvalue weighted by Crippen LogP contribution is -2.40. The summed E-state index contributed by atoms with van der Waals surface area (Å²) in [6.07, 6.45) is 1.70. The molecule has 2 heterocycles. The summed E-state index contributed by atoms with van der Waals surface area (Å²) in [7, 11) is 0. The summed E-state index contributed by atoms with van der Waals surface area (Å²) in [5, 5.41) is 12.6. The van der Waals surface area contributed by atoms with Crippen molar-refractivity contribution in [3.63, 3.8) is 0 Å². The highest BCUT2D eigenvalue weighted by Gasteiger charge is 2.59. The molecule has 0 bridgehead atoms. The van der Waals surface area contributed by atoms with Gasteiger partial charge < -0.3 is 0 Å². The van der Waals surface area contributed by atoms with Gasteiger partial charge in [-0.25, -0.2) is 9.96 Å². The summed E-state index contributed by atoms with van der Waals surface area (Å²) in [5.74, 6) is -1.37. The quantitative estimate of drug-likeness (QED) is 0.422. The van der Waals surface area contributed by atoms with Crippen molar-refractivity contribution in [2.45, 2.75) is 38.3 Å². The van der Waals surface area contributed by atoms with Crippen LogP contribution in [0.2, 0.25) is 0 Å². The summed E-state index contributed by atoms with van der Waals surface area (Å²) >= 11 is 0. The summed E-state index contributed by atoms with van der Waals surface area (Å²) < 4.78 is 0. The number of nitro benzene ring substituents is 1. The number of rotatable bonds is 6. The Bertz CT molecular complexity index is 931. The number of non-ortho nitro benzene ring substituents is 1. The van der Waals surface area contributed by atoms with E-state index in [4.69, 9.17) is 4.84 Å². The molecule has 2 fully saturated rings. The van der Waals surface area contributed by atoms with Crippen molar-refractivity contribution in [1.82, 2.24) is 0 Å². The molecule has 3 atom stereocenters. The number of benzene rings is 2. The number of fused-ring (bicyclic) bond motifs is 1. The van der Waals surface area contributed by atoms with Gasteiger partial charge in [-0.05, 0) is 30.7 Å². The van der Waals surface area contributed by atoms with Crippen molar-refractivity contribution < 1.29 is 19.3 Å². The lowest BCUT2D eigenvalue weighted by Gasteiger charge is -2.28. The molecular weight excluding hydrogens is 374 g/mol. The molecule has 0 aliphatic carbocycles. The molecule has 8 nitrogen and oxygen atoms in total. The Morgan fingerprint density at radius 2 is 1.69 bits per heavy atom. The summed E-state index contributed by atoms with van der Waals surface area (Å²) in [5.41, 5.74) is 1.04. The van der Waals surface area contributed by atoms with E-state index in [9.17, 15) is 19.7 Å². The van der Waals surface area contributed by atoms with Gasteiger partial charge in [0.15, 0.2) is 6.10 Å². The maximum absolute atomic E-state index is 13.2. The number of hydroxylamine groups is 1. The molecule has 8 heteroatoms. The minimum atomic E-state index is -0.889. The van der Waals surface area contributed by atoms with Gasteiger partial charge in [0.1, 0.15) is 0 Å². The van der Waals surface area contributed by atoms with Gasteiger partial charge in [-0.2, -0.15) is 0 Å². The highest BCUT2D eigenvalue weighted by Crippen LogP contribution is 2.42. The van der Waals surface area contributed by atoms with E-state index in [0.29, 0.717) is 5.69 Å². The van der Waals surface area contributed by atoms with Gasteiger partial charge in [-0.15, -0.1) is 0 Å². The number of carbonyl (C=O) groups excluding carboxylic acids is 2. The van der Waals surface area contributed by atoms with Gasteiger partial charge in [0, 0.05) is 12.1 Å². The van der Waals surface area contributed by atoms with Crippen molar-refractivity contribution in [2.24, 2.45) is 5.92 Å². The number of hydrogen-bond acceptors (Lipinski definition) is 6. The Morgan fingerprint density at radius 1 is 1.00 bits per heavy atom. The summed E-state index contributed by atoms with van der Waals surface area (Å²) in [4.78, 5) is 43.7. The van der Waals surface area contributed by atoms with Crippen LogP contribution in [0.1, 0.15) is 26.2 Å². The molecule has 0 saturated carbocycles. The zero-order valence-corrected chi connectivity index (χ0v) is 15.9. The molecule has 2 saturated heterocycles. The SMILES string of the molecule is CCCC[C@H]1[C@H]2C(=O)N(c3ccc([N+](=O)[O-])cc3)C(=O)[C@H]2ON1c1ccccc1. The van der Waals surface area contributed by atoms with Crippen molar-refractivity contribution in [2.75, 3.05) is 9.96 Å². The van der Waals surface area contributed by atoms with Crippen molar-refractivity contribution in [1.29, 1.82) is 0 Å². The number of nitro groups is 1. The van der Waals surface area contributed by atoms with Crippen molar-refractivity contribution >= 4 is 28.9 Å². The zero-order valence-electron chi connectivity index (χ0n) is 15.9. The van der Waals surface area contributed by atoms with Gasteiger partial charge in [-0.3, -0.25) is 24.5 Å². The van der Waals surface area contributed by atoms with Gasteiger partial charge >= 0.3 is 0 Å².